The van der Waals surface area contributed by atoms with Crippen molar-refractivity contribution in [2.45, 2.75) is 78.1 Å². The summed E-state index contributed by atoms with van der Waals surface area (Å²) in [6.07, 6.45) is 13.4. The van der Waals surface area contributed by atoms with E-state index in [0.29, 0.717) is 11.1 Å². The van der Waals surface area contributed by atoms with Crippen LogP contribution < -0.4 is 18.1 Å². The van der Waals surface area contributed by atoms with Crippen LogP contribution in [0.4, 0.5) is 4.79 Å². The molecule has 0 saturated heterocycles. The lowest BCUT2D eigenvalue weighted by Crippen LogP contribution is -3.00. The van der Waals surface area contributed by atoms with E-state index < -0.39 is 0 Å². The van der Waals surface area contributed by atoms with Crippen LogP contribution in [0.1, 0.15) is 78.1 Å². The van der Waals surface area contributed by atoms with Gasteiger partial charge in [-0.2, -0.15) is 5.01 Å². The Morgan fingerprint density at radius 3 is 1.64 bits per heavy atom. The van der Waals surface area contributed by atoms with Crippen molar-refractivity contribution < 1.29 is 21.8 Å². The zero-order valence-electron chi connectivity index (χ0n) is 15.2. The molecule has 0 aromatic rings. The van der Waals surface area contributed by atoms with E-state index in [4.69, 9.17) is 5.73 Å². The Morgan fingerprint density at radius 2 is 1.27 bits per heavy atom. The van der Waals surface area contributed by atoms with Crippen LogP contribution in [0.3, 0.4) is 0 Å². The Balaban J connectivity index is 0. The number of hydrogen-bond acceptors (Lipinski definition) is 1. The summed E-state index contributed by atoms with van der Waals surface area (Å²) in [6.45, 7) is 5.88. The summed E-state index contributed by atoms with van der Waals surface area (Å²) in [4.78, 5) is 11.4. The predicted octanol–water partition coefficient (Wildman–Crippen LogP) is 1.30. The molecule has 0 radical (unpaired) electrons. The molecule has 5 heteroatoms. The quantitative estimate of drug-likeness (QED) is 0.308. The molecule has 0 spiro atoms. The second-order valence-electron chi connectivity index (χ2n) is 6.58. The lowest BCUT2D eigenvalue weighted by molar-refractivity contribution is -0.990. The van der Waals surface area contributed by atoms with Crippen LogP contribution in [0.25, 0.3) is 0 Å². The van der Waals surface area contributed by atoms with E-state index in [-0.39, 0.29) is 18.4 Å². The smallest absolute Gasteiger partial charge is 0.358 e. The maximum absolute atomic E-state index is 11.4. The Kier molecular flexibility index (Phi) is 15.3. The predicted molar refractivity (Wildman–Crippen MR) is 90.8 cm³/mol. The minimum atomic E-state index is -0.324. The molecule has 0 unspecified atom stereocenters. The molecule has 0 heterocycles. The molecule has 0 aliphatic heterocycles. The fourth-order valence-corrected chi connectivity index (χ4v) is 2.91. The zero-order chi connectivity index (χ0) is 16.1. The molecule has 0 aromatic heterocycles. The molecule has 22 heavy (non-hydrogen) atoms. The second-order valence-corrected chi connectivity index (χ2v) is 6.58. The number of urea groups is 1. The van der Waals surface area contributed by atoms with Gasteiger partial charge in [-0.15, -0.1) is 0 Å². The van der Waals surface area contributed by atoms with Crippen LogP contribution in [-0.2, 0) is 0 Å². The average Bonchev–Trinajstić information content (AvgIpc) is 2.40. The monoisotopic (exact) mass is 335 g/mol. The van der Waals surface area contributed by atoms with Gasteiger partial charge in [0.1, 0.15) is 6.54 Å². The molecule has 0 aliphatic rings. The highest BCUT2D eigenvalue weighted by Crippen LogP contribution is 2.13. The van der Waals surface area contributed by atoms with Crippen molar-refractivity contribution in [1.82, 2.24) is 5.01 Å². The average molecular weight is 336 g/mol. The van der Waals surface area contributed by atoms with E-state index in [0.717, 1.165) is 13.0 Å². The number of rotatable bonds is 13. The summed E-state index contributed by atoms with van der Waals surface area (Å²) >= 11 is 0. The minimum Gasteiger partial charge on any atom is -1.00 e. The maximum Gasteiger partial charge on any atom is 0.358 e. The van der Waals surface area contributed by atoms with Crippen LogP contribution in [0.5, 0.6) is 0 Å². The molecule has 0 saturated carbocycles. The van der Waals surface area contributed by atoms with E-state index in [1.165, 1.54) is 57.8 Å². The van der Waals surface area contributed by atoms with Gasteiger partial charge in [0.05, 0.1) is 20.6 Å². The summed E-state index contributed by atoms with van der Waals surface area (Å²) < 4.78 is 0.572. The first kappa shape index (κ1) is 23.8. The van der Waals surface area contributed by atoms with Crippen molar-refractivity contribution in [3.05, 3.63) is 0 Å². The first-order valence-electron chi connectivity index (χ1n) is 8.86. The van der Waals surface area contributed by atoms with Crippen LogP contribution in [0.2, 0.25) is 0 Å². The summed E-state index contributed by atoms with van der Waals surface area (Å²) in [5, 5.41) is 1.72. The van der Waals surface area contributed by atoms with Gasteiger partial charge in [0.2, 0.25) is 0 Å². The molecule has 2 amide bonds. The van der Waals surface area contributed by atoms with Gasteiger partial charge in [0.25, 0.3) is 0 Å². The maximum atomic E-state index is 11.4. The molecule has 2 N–H and O–H groups in total. The third-order valence-corrected chi connectivity index (χ3v) is 4.27. The topological polar surface area (TPSA) is 46.3 Å². The molecule has 134 valence electrons. The number of unbranched alkanes of at least 4 members (excludes halogenated alkanes) is 9. The molecule has 0 bridgehead atoms. The second kappa shape index (κ2) is 14.1. The summed E-state index contributed by atoms with van der Waals surface area (Å²) in [5.74, 6) is 0. The number of carbonyl (C=O) groups excluding carboxylic acids is 1. The third kappa shape index (κ3) is 11.1. The minimum absolute atomic E-state index is 0. The largest absolute Gasteiger partial charge is 1.00 e. The number of amides is 2. The van der Waals surface area contributed by atoms with Gasteiger partial charge in [0, 0.05) is 0 Å². The Labute approximate surface area is 144 Å². The van der Waals surface area contributed by atoms with Gasteiger partial charge in [-0.05, 0) is 19.8 Å². The number of nitrogens with two attached hydrogens (primary N) is 1. The number of halogens is 1. The number of primary amides is 1. The highest BCUT2D eigenvalue weighted by Gasteiger charge is 2.26. The van der Waals surface area contributed by atoms with Gasteiger partial charge in [0.15, 0.2) is 0 Å². The first-order chi connectivity index (χ1) is 9.95. The Morgan fingerprint density at radius 1 is 0.864 bits per heavy atom. The molecule has 0 atom stereocenters. The highest BCUT2D eigenvalue weighted by molar-refractivity contribution is 5.70. The van der Waals surface area contributed by atoms with Crippen LogP contribution in [0, 0.1) is 0 Å². The van der Waals surface area contributed by atoms with E-state index in [2.05, 4.69) is 21.0 Å². The molecule has 0 rings (SSSR count). The number of carbonyl (C=O) groups is 1. The van der Waals surface area contributed by atoms with Crippen molar-refractivity contribution in [3.8, 4) is 0 Å². The summed E-state index contributed by atoms with van der Waals surface area (Å²) in [5.41, 5.74) is 5.42. The summed E-state index contributed by atoms with van der Waals surface area (Å²) in [7, 11) is 4.12. The van der Waals surface area contributed by atoms with Crippen molar-refractivity contribution >= 4 is 6.03 Å². The molecule has 4 nitrogen and oxygen atoms in total. The molecule has 0 fully saturated rings. The van der Waals surface area contributed by atoms with Crippen molar-refractivity contribution in [2.75, 3.05) is 27.2 Å². The van der Waals surface area contributed by atoms with Crippen LogP contribution in [0.15, 0.2) is 0 Å². The van der Waals surface area contributed by atoms with Gasteiger partial charge >= 0.3 is 6.03 Å². The molecular formula is C17H38ClN3O. The normalized spacial score (nSPS) is 11.1. The van der Waals surface area contributed by atoms with Crippen molar-refractivity contribution in [1.29, 1.82) is 0 Å². The number of nitrogens with zero attached hydrogens (tertiary/aromatic N) is 2. The van der Waals surface area contributed by atoms with Crippen molar-refractivity contribution in [3.63, 3.8) is 0 Å². The Bertz CT molecular complexity index is 273. The lowest BCUT2D eigenvalue weighted by Gasteiger charge is -2.37. The van der Waals surface area contributed by atoms with E-state index in [9.17, 15) is 4.79 Å². The SMILES string of the molecule is CCCCCCCCCCCC[N+](C)(C)N(CC)C(N)=O.[Cl-]. The summed E-state index contributed by atoms with van der Waals surface area (Å²) in [6, 6.07) is -0.324. The first-order valence-corrected chi connectivity index (χ1v) is 8.86. The lowest BCUT2D eigenvalue weighted by atomic mass is 10.1. The van der Waals surface area contributed by atoms with Crippen LogP contribution >= 0.6 is 0 Å². The molecule has 0 aromatic carbocycles. The van der Waals surface area contributed by atoms with Crippen LogP contribution in [-0.4, -0.2) is 42.8 Å². The zero-order valence-corrected chi connectivity index (χ0v) is 16.0. The highest BCUT2D eigenvalue weighted by atomic mass is 35.5. The van der Waals surface area contributed by atoms with E-state index >= 15 is 0 Å². The van der Waals surface area contributed by atoms with Crippen molar-refractivity contribution in [2.24, 2.45) is 5.73 Å². The third-order valence-electron chi connectivity index (χ3n) is 4.27. The van der Waals surface area contributed by atoms with E-state index in [1.54, 1.807) is 5.01 Å². The number of hydrogen-bond donors (Lipinski definition) is 1. The standard InChI is InChI=1S/C17H37N3O.ClH/c1-5-7-8-9-10-11-12-13-14-15-16-20(3,4)19(6-2)17(18)21;/h5-16H2,1-4H3,(H-,18,21);1H. The molecular weight excluding hydrogens is 298 g/mol. The van der Waals surface area contributed by atoms with Gasteiger partial charge < -0.3 is 18.1 Å². The van der Waals surface area contributed by atoms with Gasteiger partial charge in [-0.1, -0.05) is 58.3 Å². The van der Waals surface area contributed by atoms with Gasteiger partial charge in [-0.3, -0.25) is 0 Å². The fourth-order valence-electron chi connectivity index (χ4n) is 2.91. The number of quaternary nitrogens is 1. The fraction of sp³-hybridized carbons (Fsp3) is 0.941. The van der Waals surface area contributed by atoms with E-state index in [1.807, 2.05) is 6.92 Å². The molecule has 0 aliphatic carbocycles. The Hall–Kier alpha value is -0.480. The van der Waals surface area contributed by atoms with Gasteiger partial charge in [-0.25, -0.2) is 9.39 Å².